The van der Waals surface area contributed by atoms with Gasteiger partial charge >= 0.3 is 0 Å². The lowest BCUT2D eigenvalue weighted by Crippen LogP contribution is -2.39. The Morgan fingerprint density at radius 1 is 1.00 bits per heavy atom. The maximum absolute atomic E-state index is 5.58. The standard InChI is InChI=1S/C16H30OS/c1-11-4-6-13(7-5-11)10-14-8-9-15(17-3)12(2)16(14)18/h11-16,18H,4-10H2,1-3H3. The Morgan fingerprint density at radius 2 is 1.67 bits per heavy atom. The minimum absolute atomic E-state index is 0.440. The molecule has 2 aliphatic rings. The van der Waals surface area contributed by atoms with Gasteiger partial charge in [0.25, 0.3) is 0 Å². The van der Waals surface area contributed by atoms with E-state index in [1.807, 2.05) is 7.11 Å². The first-order valence-electron chi connectivity index (χ1n) is 7.82. The van der Waals surface area contributed by atoms with Crippen LogP contribution in [0.5, 0.6) is 0 Å². The summed E-state index contributed by atoms with van der Waals surface area (Å²) < 4.78 is 5.58. The summed E-state index contributed by atoms with van der Waals surface area (Å²) in [5.74, 6) is 3.39. The van der Waals surface area contributed by atoms with Crippen molar-refractivity contribution in [1.82, 2.24) is 0 Å². The van der Waals surface area contributed by atoms with Crippen molar-refractivity contribution in [2.75, 3.05) is 7.11 Å². The number of thiol groups is 1. The van der Waals surface area contributed by atoms with Crippen molar-refractivity contribution in [2.24, 2.45) is 23.7 Å². The summed E-state index contributed by atoms with van der Waals surface area (Å²) in [4.78, 5) is 0. The fourth-order valence-electron chi connectivity index (χ4n) is 4.04. The molecular formula is C16H30OS. The van der Waals surface area contributed by atoms with Crippen LogP contribution in [0, 0.1) is 23.7 Å². The van der Waals surface area contributed by atoms with Crippen LogP contribution in [0.1, 0.15) is 58.8 Å². The molecule has 2 fully saturated rings. The molecule has 0 aliphatic heterocycles. The summed E-state index contributed by atoms with van der Waals surface area (Å²) in [5, 5.41) is 0.544. The molecule has 0 bridgehead atoms. The lowest BCUT2D eigenvalue weighted by molar-refractivity contribution is 0.0148. The quantitative estimate of drug-likeness (QED) is 0.740. The molecule has 0 saturated heterocycles. The van der Waals surface area contributed by atoms with Crippen LogP contribution in [0.3, 0.4) is 0 Å². The molecule has 18 heavy (non-hydrogen) atoms. The molecule has 0 heterocycles. The van der Waals surface area contributed by atoms with Crippen molar-refractivity contribution >= 4 is 12.6 Å². The van der Waals surface area contributed by atoms with E-state index in [4.69, 9.17) is 17.4 Å². The van der Waals surface area contributed by atoms with E-state index in [-0.39, 0.29) is 0 Å². The second-order valence-electron chi connectivity index (χ2n) is 6.82. The van der Waals surface area contributed by atoms with E-state index in [9.17, 15) is 0 Å². The van der Waals surface area contributed by atoms with E-state index in [1.165, 1.54) is 44.9 Å². The predicted octanol–water partition coefficient (Wildman–Crippen LogP) is 4.56. The molecular weight excluding hydrogens is 240 g/mol. The topological polar surface area (TPSA) is 9.23 Å². The van der Waals surface area contributed by atoms with Gasteiger partial charge in [-0.3, -0.25) is 0 Å². The Labute approximate surface area is 118 Å². The molecule has 0 spiro atoms. The van der Waals surface area contributed by atoms with E-state index in [2.05, 4.69) is 13.8 Å². The Bertz CT molecular complexity index is 247. The second-order valence-corrected chi connectivity index (χ2v) is 7.42. The molecule has 4 unspecified atom stereocenters. The SMILES string of the molecule is COC1CCC(CC2CCC(C)CC2)C(S)C1C. The van der Waals surface area contributed by atoms with Gasteiger partial charge in [0.1, 0.15) is 0 Å². The average molecular weight is 270 g/mol. The number of hydrogen-bond acceptors (Lipinski definition) is 2. The van der Waals surface area contributed by atoms with E-state index in [0.29, 0.717) is 17.3 Å². The van der Waals surface area contributed by atoms with Crippen LogP contribution >= 0.6 is 12.6 Å². The molecule has 0 amide bonds. The van der Waals surface area contributed by atoms with E-state index in [1.54, 1.807) is 0 Å². The summed E-state index contributed by atoms with van der Waals surface area (Å²) >= 11 is 4.90. The van der Waals surface area contributed by atoms with Gasteiger partial charge in [0.05, 0.1) is 6.10 Å². The monoisotopic (exact) mass is 270 g/mol. The second kappa shape index (κ2) is 6.65. The Balaban J connectivity index is 1.83. The van der Waals surface area contributed by atoms with Crippen LogP contribution in [0.15, 0.2) is 0 Å². The molecule has 4 atom stereocenters. The Kier molecular flexibility index (Phi) is 5.44. The molecule has 1 nitrogen and oxygen atoms in total. The minimum atomic E-state index is 0.440. The van der Waals surface area contributed by atoms with Crippen LogP contribution in [-0.2, 0) is 4.74 Å². The van der Waals surface area contributed by atoms with Crippen LogP contribution in [-0.4, -0.2) is 18.5 Å². The number of methoxy groups -OCH3 is 1. The number of hydrogen-bond donors (Lipinski definition) is 1. The van der Waals surface area contributed by atoms with Crippen molar-refractivity contribution in [3.8, 4) is 0 Å². The first kappa shape index (κ1) is 14.7. The maximum atomic E-state index is 5.58. The van der Waals surface area contributed by atoms with Gasteiger partial charge in [-0.25, -0.2) is 0 Å². The van der Waals surface area contributed by atoms with Gasteiger partial charge in [0.2, 0.25) is 0 Å². The van der Waals surface area contributed by atoms with E-state index in [0.717, 1.165) is 17.8 Å². The highest BCUT2D eigenvalue weighted by Gasteiger charge is 2.36. The van der Waals surface area contributed by atoms with Crippen LogP contribution < -0.4 is 0 Å². The predicted molar refractivity (Wildman–Crippen MR) is 81.2 cm³/mol. The lowest BCUT2D eigenvalue weighted by atomic mass is 9.72. The highest BCUT2D eigenvalue weighted by atomic mass is 32.1. The van der Waals surface area contributed by atoms with Crippen molar-refractivity contribution < 1.29 is 4.74 Å². The average Bonchev–Trinajstić information content (AvgIpc) is 2.38. The van der Waals surface area contributed by atoms with Gasteiger partial charge in [-0.2, -0.15) is 12.6 Å². The van der Waals surface area contributed by atoms with Crippen molar-refractivity contribution in [2.45, 2.75) is 70.1 Å². The molecule has 2 rings (SSSR count). The van der Waals surface area contributed by atoms with Gasteiger partial charge in [0.15, 0.2) is 0 Å². The van der Waals surface area contributed by atoms with Gasteiger partial charge in [0, 0.05) is 12.4 Å². The molecule has 0 aromatic carbocycles. The summed E-state index contributed by atoms with van der Waals surface area (Å²) in [6.07, 6.45) is 10.2. The first-order valence-corrected chi connectivity index (χ1v) is 8.34. The zero-order valence-electron chi connectivity index (χ0n) is 12.3. The number of ether oxygens (including phenoxy) is 1. The number of rotatable bonds is 3. The van der Waals surface area contributed by atoms with Crippen molar-refractivity contribution in [1.29, 1.82) is 0 Å². The summed E-state index contributed by atoms with van der Waals surface area (Å²) in [5.41, 5.74) is 0. The molecule has 0 radical (unpaired) electrons. The molecule has 2 heteroatoms. The molecule has 0 aromatic heterocycles. The lowest BCUT2D eigenvalue weighted by Gasteiger charge is -2.40. The highest BCUT2D eigenvalue weighted by Crippen LogP contribution is 2.41. The zero-order chi connectivity index (χ0) is 13.1. The molecule has 2 aliphatic carbocycles. The van der Waals surface area contributed by atoms with E-state index >= 15 is 0 Å². The third kappa shape index (κ3) is 3.45. The fraction of sp³-hybridized carbons (Fsp3) is 1.00. The maximum Gasteiger partial charge on any atom is 0.0607 e. The van der Waals surface area contributed by atoms with Gasteiger partial charge in [-0.05, 0) is 42.9 Å². The van der Waals surface area contributed by atoms with Gasteiger partial charge in [-0.1, -0.05) is 39.5 Å². The van der Waals surface area contributed by atoms with Crippen LogP contribution in [0.2, 0.25) is 0 Å². The highest BCUT2D eigenvalue weighted by molar-refractivity contribution is 7.81. The normalized spacial score (nSPS) is 46.0. The molecule has 0 aromatic rings. The van der Waals surface area contributed by atoms with Crippen LogP contribution in [0.25, 0.3) is 0 Å². The van der Waals surface area contributed by atoms with Gasteiger partial charge < -0.3 is 4.74 Å². The van der Waals surface area contributed by atoms with Crippen LogP contribution in [0.4, 0.5) is 0 Å². The molecule has 106 valence electrons. The summed E-state index contributed by atoms with van der Waals surface area (Å²) in [6, 6.07) is 0. The summed E-state index contributed by atoms with van der Waals surface area (Å²) in [6.45, 7) is 4.73. The van der Waals surface area contributed by atoms with Crippen molar-refractivity contribution in [3.63, 3.8) is 0 Å². The molecule has 2 saturated carbocycles. The zero-order valence-corrected chi connectivity index (χ0v) is 13.2. The summed E-state index contributed by atoms with van der Waals surface area (Å²) in [7, 11) is 1.85. The minimum Gasteiger partial charge on any atom is -0.381 e. The Morgan fingerprint density at radius 3 is 2.28 bits per heavy atom. The largest absolute Gasteiger partial charge is 0.381 e. The smallest absolute Gasteiger partial charge is 0.0607 e. The van der Waals surface area contributed by atoms with Crippen molar-refractivity contribution in [3.05, 3.63) is 0 Å². The van der Waals surface area contributed by atoms with Gasteiger partial charge in [-0.15, -0.1) is 0 Å². The van der Waals surface area contributed by atoms with E-state index < -0.39 is 0 Å². The first-order chi connectivity index (χ1) is 8.61. The fourth-order valence-corrected chi connectivity index (χ4v) is 4.51. The molecule has 0 N–H and O–H groups in total. The third-order valence-corrected chi connectivity index (χ3v) is 6.40. The Hall–Kier alpha value is 0.310. The third-order valence-electron chi connectivity index (χ3n) is 5.50.